The Morgan fingerprint density at radius 2 is 2.07 bits per heavy atom. The van der Waals surface area contributed by atoms with Crippen molar-refractivity contribution in [2.45, 2.75) is 52.1 Å². The van der Waals surface area contributed by atoms with Gasteiger partial charge in [0.2, 0.25) is 0 Å². The number of hydrogen-bond donors (Lipinski definition) is 1. The average molecular weight is 233 g/mol. The molecule has 1 rings (SSSR count). The van der Waals surface area contributed by atoms with Gasteiger partial charge in [-0.2, -0.15) is 0 Å². The third kappa shape index (κ3) is 4.11. The smallest absolute Gasteiger partial charge is 0.148 e. The lowest BCUT2D eigenvalue weighted by Crippen LogP contribution is -2.45. The third-order valence-electron chi connectivity index (χ3n) is 3.30. The van der Waals surface area contributed by atoms with Crippen LogP contribution in [0.15, 0.2) is 0 Å². The lowest BCUT2D eigenvalue weighted by atomic mass is 9.87. The molecule has 0 aromatic rings. The van der Waals surface area contributed by atoms with Crippen molar-refractivity contribution in [2.24, 2.45) is 5.41 Å². The van der Waals surface area contributed by atoms with Gasteiger partial charge in [-0.25, -0.2) is 8.42 Å². The van der Waals surface area contributed by atoms with Crippen LogP contribution >= 0.6 is 0 Å². The molecule has 0 aromatic heterocycles. The van der Waals surface area contributed by atoms with Crippen LogP contribution in [0.25, 0.3) is 0 Å². The maximum atomic E-state index is 11.1. The first-order valence-electron chi connectivity index (χ1n) is 5.64. The molecule has 90 valence electrons. The highest BCUT2D eigenvalue weighted by Gasteiger charge is 2.35. The molecule has 1 aliphatic carbocycles. The third-order valence-corrected chi connectivity index (χ3v) is 4.40. The van der Waals surface area contributed by atoms with E-state index >= 15 is 0 Å². The Balaban J connectivity index is 2.48. The Morgan fingerprint density at radius 1 is 1.47 bits per heavy atom. The Morgan fingerprint density at radius 3 is 2.47 bits per heavy atom. The van der Waals surface area contributed by atoms with E-state index in [1.54, 1.807) is 0 Å². The summed E-state index contributed by atoms with van der Waals surface area (Å²) in [6.45, 7) is 6.46. The summed E-state index contributed by atoms with van der Waals surface area (Å²) >= 11 is 0. The zero-order chi connectivity index (χ0) is 11.7. The molecule has 2 atom stereocenters. The standard InChI is InChI=1S/C11H23NO2S/c1-9(8-15(4,13)14)12-10-6-5-7-11(10,2)3/h9-10,12H,5-8H2,1-4H3. The van der Waals surface area contributed by atoms with Gasteiger partial charge in [-0.15, -0.1) is 0 Å². The Bertz CT molecular complexity index is 309. The van der Waals surface area contributed by atoms with E-state index < -0.39 is 9.84 Å². The molecule has 0 aliphatic heterocycles. The van der Waals surface area contributed by atoms with Gasteiger partial charge >= 0.3 is 0 Å². The first-order chi connectivity index (χ1) is 6.71. The number of sulfone groups is 1. The van der Waals surface area contributed by atoms with E-state index in [0.29, 0.717) is 11.5 Å². The van der Waals surface area contributed by atoms with E-state index in [0.717, 1.165) is 0 Å². The highest BCUT2D eigenvalue weighted by Crippen LogP contribution is 2.37. The maximum absolute atomic E-state index is 11.1. The highest BCUT2D eigenvalue weighted by atomic mass is 32.2. The zero-order valence-corrected chi connectivity index (χ0v) is 11.0. The number of nitrogens with one attached hydrogen (secondary N) is 1. The van der Waals surface area contributed by atoms with E-state index in [1.807, 2.05) is 6.92 Å². The fraction of sp³-hybridized carbons (Fsp3) is 1.00. The van der Waals surface area contributed by atoms with Gasteiger partial charge in [-0.1, -0.05) is 20.3 Å². The van der Waals surface area contributed by atoms with Crippen molar-refractivity contribution in [1.82, 2.24) is 5.32 Å². The van der Waals surface area contributed by atoms with Crippen LogP contribution in [0.5, 0.6) is 0 Å². The Kier molecular flexibility index (Phi) is 3.82. The molecule has 15 heavy (non-hydrogen) atoms. The van der Waals surface area contributed by atoms with Crippen molar-refractivity contribution in [2.75, 3.05) is 12.0 Å². The molecular formula is C11H23NO2S. The molecule has 3 nitrogen and oxygen atoms in total. The molecule has 0 amide bonds. The number of rotatable bonds is 4. The quantitative estimate of drug-likeness (QED) is 0.802. The molecule has 1 N–H and O–H groups in total. The van der Waals surface area contributed by atoms with Crippen molar-refractivity contribution in [3.05, 3.63) is 0 Å². The molecule has 0 radical (unpaired) electrons. The lowest BCUT2D eigenvalue weighted by molar-refractivity contribution is 0.270. The lowest BCUT2D eigenvalue weighted by Gasteiger charge is -2.30. The van der Waals surface area contributed by atoms with Gasteiger partial charge in [-0.3, -0.25) is 0 Å². The minimum absolute atomic E-state index is 0.0578. The van der Waals surface area contributed by atoms with Crippen molar-refractivity contribution >= 4 is 9.84 Å². The highest BCUT2D eigenvalue weighted by molar-refractivity contribution is 7.90. The Hall–Kier alpha value is -0.0900. The first kappa shape index (κ1) is 13.0. The fourth-order valence-corrected chi connectivity index (χ4v) is 3.49. The van der Waals surface area contributed by atoms with E-state index in [9.17, 15) is 8.42 Å². The first-order valence-corrected chi connectivity index (χ1v) is 7.70. The maximum Gasteiger partial charge on any atom is 0.148 e. The molecule has 1 saturated carbocycles. The summed E-state index contributed by atoms with van der Waals surface area (Å²) < 4.78 is 22.3. The van der Waals surface area contributed by atoms with Crippen molar-refractivity contribution in [3.63, 3.8) is 0 Å². The molecule has 0 bridgehead atoms. The predicted octanol–water partition coefficient (Wildman–Crippen LogP) is 1.59. The molecule has 4 heteroatoms. The summed E-state index contributed by atoms with van der Waals surface area (Å²) in [5.41, 5.74) is 0.311. The van der Waals surface area contributed by atoms with E-state index in [1.165, 1.54) is 25.5 Å². The van der Waals surface area contributed by atoms with E-state index in [2.05, 4.69) is 19.2 Å². The summed E-state index contributed by atoms with van der Waals surface area (Å²) in [6.07, 6.45) is 4.94. The zero-order valence-electron chi connectivity index (χ0n) is 10.2. The molecular weight excluding hydrogens is 210 g/mol. The summed E-state index contributed by atoms with van der Waals surface area (Å²) in [6, 6.07) is 0.525. The van der Waals surface area contributed by atoms with Gasteiger partial charge in [0, 0.05) is 18.3 Å². The monoisotopic (exact) mass is 233 g/mol. The van der Waals surface area contributed by atoms with Crippen LogP contribution < -0.4 is 5.32 Å². The number of hydrogen-bond acceptors (Lipinski definition) is 3. The molecule has 0 spiro atoms. The van der Waals surface area contributed by atoms with Crippen LogP contribution in [0, 0.1) is 5.41 Å². The van der Waals surface area contributed by atoms with Gasteiger partial charge in [-0.05, 0) is 25.2 Å². The molecule has 0 saturated heterocycles. The minimum atomic E-state index is -2.86. The summed E-state index contributed by atoms with van der Waals surface area (Å²) in [5, 5.41) is 3.45. The van der Waals surface area contributed by atoms with Crippen molar-refractivity contribution < 1.29 is 8.42 Å². The van der Waals surface area contributed by atoms with Crippen LogP contribution in [-0.2, 0) is 9.84 Å². The SMILES string of the molecule is CC(CS(C)(=O)=O)NC1CCCC1(C)C. The second-order valence-corrected chi connectivity index (χ2v) is 7.78. The van der Waals surface area contributed by atoms with Crippen LogP contribution in [0.2, 0.25) is 0 Å². The van der Waals surface area contributed by atoms with Crippen LogP contribution in [-0.4, -0.2) is 32.5 Å². The minimum Gasteiger partial charge on any atom is -0.310 e. The average Bonchev–Trinajstić information content (AvgIpc) is 2.26. The van der Waals surface area contributed by atoms with E-state index in [-0.39, 0.29) is 11.8 Å². The van der Waals surface area contributed by atoms with Crippen molar-refractivity contribution in [1.29, 1.82) is 0 Å². The summed E-state index contributed by atoms with van der Waals surface area (Å²) in [5.74, 6) is 0.236. The molecule has 2 unspecified atom stereocenters. The Labute approximate surface area is 93.6 Å². The second-order valence-electron chi connectivity index (χ2n) is 5.59. The van der Waals surface area contributed by atoms with Gasteiger partial charge in [0.05, 0.1) is 5.75 Å². The molecule has 1 aliphatic rings. The molecule has 0 aromatic carbocycles. The van der Waals surface area contributed by atoms with Crippen LogP contribution in [0.1, 0.15) is 40.0 Å². The van der Waals surface area contributed by atoms with Gasteiger partial charge < -0.3 is 5.32 Å². The second kappa shape index (κ2) is 4.42. The van der Waals surface area contributed by atoms with Gasteiger partial charge in [0.1, 0.15) is 9.84 Å². The van der Waals surface area contributed by atoms with Gasteiger partial charge in [0.25, 0.3) is 0 Å². The van der Waals surface area contributed by atoms with Crippen LogP contribution in [0.4, 0.5) is 0 Å². The van der Waals surface area contributed by atoms with Crippen LogP contribution in [0.3, 0.4) is 0 Å². The largest absolute Gasteiger partial charge is 0.310 e. The van der Waals surface area contributed by atoms with Gasteiger partial charge in [0.15, 0.2) is 0 Å². The summed E-state index contributed by atoms with van der Waals surface area (Å²) in [7, 11) is -2.86. The molecule has 0 heterocycles. The summed E-state index contributed by atoms with van der Waals surface area (Å²) in [4.78, 5) is 0. The predicted molar refractivity (Wildman–Crippen MR) is 63.7 cm³/mol. The fourth-order valence-electron chi connectivity index (χ4n) is 2.48. The van der Waals surface area contributed by atoms with E-state index in [4.69, 9.17) is 0 Å². The normalized spacial score (nSPS) is 27.9. The topological polar surface area (TPSA) is 46.2 Å². The van der Waals surface area contributed by atoms with Crippen molar-refractivity contribution in [3.8, 4) is 0 Å². The molecule has 1 fully saturated rings.